The van der Waals surface area contributed by atoms with Gasteiger partial charge in [0.2, 0.25) is 0 Å². The summed E-state index contributed by atoms with van der Waals surface area (Å²) in [5.74, 6) is -0.499. The molecule has 0 spiro atoms. The second-order valence-corrected chi connectivity index (χ2v) is 2.84. The average molecular weight is 204 g/mol. The van der Waals surface area contributed by atoms with Crippen LogP contribution >= 0.6 is 0 Å². The summed E-state index contributed by atoms with van der Waals surface area (Å²) in [7, 11) is 0. The lowest BCUT2D eigenvalue weighted by Crippen LogP contribution is -1.98. The van der Waals surface area contributed by atoms with Crippen molar-refractivity contribution < 1.29 is 19.1 Å². The fourth-order valence-corrected chi connectivity index (χ4v) is 1.16. The number of aromatic carboxylic acids is 1. The molecular formula is C11H8O4. The summed E-state index contributed by atoms with van der Waals surface area (Å²) in [4.78, 5) is 10.8. The van der Waals surface area contributed by atoms with E-state index in [0.717, 1.165) is 0 Å². The molecular weight excluding hydrogens is 196 g/mol. The van der Waals surface area contributed by atoms with Gasteiger partial charge in [0, 0.05) is 6.07 Å². The van der Waals surface area contributed by atoms with Crippen LogP contribution in [0.25, 0.3) is 0 Å². The first-order valence-corrected chi connectivity index (χ1v) is 4.31. The van der Waals surface area contributed by atoms with E-state index >= 15 is 0 Å². The molecule has 4 nitrogen and oxygen atoms in total. The molecule has 0 aliphatic heterocycles. The van der Waals surface area contributed by atoms with E-state index in [4.69, 9.17) is 14.3 Å². The summed E-state index contributed by atoms with van der Waals surface area (Å²) in [6.45, 7) is 0. The van der Waals surface area contributed by atoms with Crippen LogP contribution in [0.1, 0.15) is 10.4 Å². The molecule has 0 saturated carbocycles. The van der Waals surface area contributed by atoms with Crippen LogP contribution in [-0.2, 0) is 0 Å². The summed E-state index contributed by atoms with van der Waals surface area (Å²) in [6.07, 6.45) is 1.46. The average Bonchev–Trinajstić information content (AvgIpc) is 2.71. The van der Waals surface area contributed by atoms with Crippen molar-refractivity contribution in [3.63, 3.8) is 0 Å². The predicted octanol–water partition coefficient (Wildman–Crippen LogP) is 2.77. The molecule has 0 aliphatic rings. The minimum absolute atomic E-state index is 0.105. The zero-order valence-electron chi connectivity index (χ0n) is 7.71. The molecule has 1 aromatic heterocycles. The van der Waals surface area contributed by atoms with Crippen molar-refractivity contribution in [2.75, 3.05) is 0 Å². The summed E-state index contributed by atoms with van der Waals surface area (Å²) < 4.78 is 10.2. The molecule has 0 aliphatic carbocycles. The van der Waals surface area contributed by atoms with Gasteiger partial charge in [-0.2, -0.15) is 0 Å². The number of ether oxygens (including phenoxy) is 1. The van der Waals surface area contributed by atoms with Crippen molar-refractivity contribution in [2.24, 2.45) is 0 Å². The predicted molar refractivity (Wildman–Crippen MR) is 52.2 cm³/mol. The van der Waals surface area contributed by atoms with Crippen molar-refractivity contribution in [3.8, 4) is 11.7 Å². The first-order valence-electron chi connectivity index (χ1n) is 4.31. The zero-order chi connectivity index (χ0) is 10.7. The Bertz CT molecular complexity index is 459. The van der Waals surface area contributed by atoms with Crippen molar-refractivity contribution in [2.45, 2.75) is 0 Å². The first kappa shape index (κ1) is 9.33. The number of para-hydroxylation sites is 1. The number of carbonyl (C=O) groups is 1. The van der Waals surface area contributed by atoms with Crippen molar-refractivity contribution >= 4 is 5.97 Å². The highest BCUT2D eigenvalue weighted by Gasteiger charge is 2.11. The third-order valence-electron chi connectivity index (χ3n) is 1.82. The van der Waals surface area contributed by atoms with E-state index in [9.17, 15) is 4.79 Å². The van der Waals surface area contributed by atoms with Gasteiger partial charge in [-0.05, 0) is 18.2 Å². The lowest BCUT2D eigenvalue weighted by molar-refractivity contribution is 0.0693. The summed E-state index contributed by atoms with van der Waals surface area (Å²) >= 11 is 0. The van der Waals surface area contributed by atoms with E-state index in [1.807, 2.05) is 0 Å². The highest BCUT2D eigenvalue weighted by atomic mass is 16.6. The number of carboxylic acid groups (broad SMARTS) is 1. The van der Waals surface area contributed by atoms with Gasteiger partial charge in [-0.1, -0.05) is 12.1 Å². The number of furan rings is 1. The van der Waals surface area contributed by atoms with Gasteiger partial charge < -0.3 is 14.3 Å². The Morgan fingerprint density at radius 2 is 2.00 bits per heavy atom. The summed E-state index contributed by atoms with van der Waals surface area (Å²) in [6, 6.07) is 9.66. The van der Waals surface area contributed by atoms with Gasteiger partial charge in [0.15, 0.2) is 0 Å². The smallest absolute Gasteiger partial charge is 0.339 e. The van der Waals surface area contributed by atoms with Crippen LogP contribution in [-0.4, -0.2) is 11.1 Å². The number of hydrogen-bond donors (Lipinski definition) is 1. The lowest BCUT2D eigenvalue weighted by Gasteiger charge is -2.04. The largest absolute Gasteiger partial charge is 0.478 e. The Balaban J connectivity index is 2.32. The minimum Gasteiger partial charge on any atom is -0.478 e. The highest BCUT2D eigenvalue weighted by molar-refractivity contribution is 5.90. The summed E-state index contributed by atoms with van der Waals surface area (Å²) in [5.41, 5.74) is 0.105. The zero-order valence-corrected chi connectivity index (χ0v) is 7.71. The van der Waals surface area contributed by atoms with Gasteiger partial charge >= 0.3 is 5.97 Å². The molecule has 2 rings (SSSR count). The van der Waals surface area contributed by atoms with E-state index in [2.05, 4.69) is 0 Å². The maximum atomic E-state index is 10.8. The molecule has 0 radical (unpaired) electrons. The maximum absolute atomic E-state index is 10.8. The van der Waals surface area contributed by atoms with Crippen LogP contribution in [0.3, 0.4) is 0 Å². The molecule has 1 aromatic carbocycles. The molecule has 76 valence electrons. The number of carboxylic acids is 1. The van der Waals surface area contributed by atoms with Crippen LogP contribution < -0.4 is 4.74 Å². The standard InChI is InChI=1S/C11H8O4/c12-11(13)8-4-1-2-5-9(8)15-10-6-3-7-14-10/h1-7H,(H,12,13). The first-order chi connectivity index (χ1) is 7.27. The summed E-state index contributed by atoms with van der Waals surface area (Å²) in [5, 5.41) is 8.88. The molecule has 4 heteroatoms. The fraction of sp³-hybridized carbons (Fsp3) is 0. The molecule has 0 fully saturated rings. The Labute approximate surface area is 85.7 Å². The topological polar surface area (TPSA) is 59.7 Å². The lowest BCUT2D eigenvalue weighted by atomic mass is 10.2. The third-order valence-corrected chi connectivity index (χ3v) is 1.82. The Morgan fingerprint density at radius 1 is 1.20 bits per heavy atom. The van der Waals surface area contributed by atoms with Crippen LogP contribution in [0.15, 0.2) is 47.1 Å². The quantitative estimate of drug-likeness (QED) is 0.835. The van der Waals surface area contributed by atoms with Crippen LogP contribution in [0.2, 0.25) is 0 Å². The third kappa shape index (κ3) is 1.99. The number of benzene rings is 1. The molecule has 2 aromatic rings. The molecule has 15 heavy (non-hydrogen) atoms. The minimum atomic E-state index is -1.03. The number of rotatable bonds is 3. The van der Waals surface area contributed by atoms with Crippen molar-refractivity contribution in [1.82, 2.24) is 0 Å². The SMILES string of the molecule is O=C(O)c1ccccc1Oc1ccco1. The Hall–Kier alpha value is -2.23. The van der Waals surface area contributed by atoms with E-state index in [0.29, 0.717) is 0 Å². The van der Waals surface area contributed by atoms with Gasteiger partial charge in [-0.3, -0.25) is 0 Å². The van der Waals surface area contributed by atoms with Crippen molar-refractivity contribution in [1.29, 1.82) is 0 Å². The van der Waals surface area contributed by atoms with Gasteiger partial charge in [-0.15, -0.1) is 0 Å². The van der Waals surface area contributed by atoms with Gasteiger partial charge in [0.1, 0.15) is 11.3 Å². The molecule has 0 amide bonds. The molecule has 1 heterocycles. The fourth-order valence-electron chi connectivity index (χ4n) is 1.16. The Kier molecular flexibility index (Phi) is 2.41. The second kappa shape index (κ2) is 3.88. The van der Waals surface area contributed by atoms with E-state index < -0.39 is 5.97 Å². The molecule has 0 unspecified atom stereocenters. The normalized spacial score (nSPS) is 9.87. The van der Waals surface area contributed by atoms with Gasteiger partial charge in [-0.25, -0.2) is 4.79 Å². The monoisotopic (exact) mass is 204 g/mol. The molecule has 0 saturated heterocycles. The van der Waals surface area contributed by atoms with E-state index in [1.165, 1.54) is 12.3 Å². The van der Waals surface area contributed by atoms with Gasteiger partial charge in [0.25, 0.3) is 5.95 Å². The Morgan fingerprint density at radius 3 is 2.67 bits per heavy atom. The van der Waals surface area contributed by atoms with Crippen LogP contribution in [0, 0.1) is 0 Å². The second-order valence-electron chi connectivity index (χ2n) is 2.84. The molecule has 0 bridgehead atoms. The number of hydrogen-bond acceptors (Lipinski definition) is 3. The van der Waals surface area contributed by atoms with Gasteiger partial charge in [0.05, 0.1) is 6.26 Å². The van der Waals surface area contributed by atoms with Crippen LogP contribution in [0.5, 0.6) is 11.7 Å². The van der Waals surface area contributed by atoms with Crippen molar-refractivity contribution in [3.05, 3.63) is 48.2 Å². The molecule has 0 atom stereocenters. The highest BCUT2D eigenvalue weighted by Crippen LogP contribution is 2.25. The maximum Gasteiger partial charge on any atom is 0.339 e. The van der Waals surface area contributed by atoms with E-state index in [1.54, 1.807) is 30.3 Å². The molecule has 1 N–H and O–H groups in total. The van der Waals surface area contributed by atoms with E-state index in [-0.39, 0.29) is 17.3 Å². The van der Waals surface area contributed by atoms with Crippen LogP contribution in [0.4, 0.5) is 0 Å².